The van der Waals surface area contributed by atoms with E-state index >= 15 is 0 Å². The molecule has 0 unspecified atom stereocenters. The minimum Gasteiger partial charge on any atom is -0.478 e. The second-order valence-corrected chi connectivity index (χ2v) is 4.47. The number of ether oxygens (including phenoxy) is 1. The SMILES string of the molecule is COCc1c(C(=O)O)ccn1Cc1ccccc1C. The first kappa shape index (κ1) is 13.4. The van der Waals surface area contributed by atoms with E-state index in [4.69, 9.17) is 9.84 Å². The first-order chi connectivity index (χ1) is 9.13. The molecule has 0 amide bonds. The minimum atomic E-state index is -0.921. The third-order valence-electron chi connectivity index (χ3n) is 3.19. The molecule has 100 valence electrons. The van der Waals surface area contributed by atoms with Crippen molar-refractivity contribution in [2.24, 2.45) is 0 Å². The van der Waals surface area contributed by atoms with Crippen molar-refractivity contribution in [3.05, 3.63) is 58.9 Å². The van der Waals surface area contributed by atoms with E-state index in [-0.39, 0.29) is 0 Å². The number of carboxylic acid groups (broad SMARTS) is 1. The van der Waals surface area contributed by atoms with E-state index in [1.807, 2.05) is 35.8 Å². The maximum Gasteiger partial charge on any atom is 0.337 e. The number of hydrogen-bond acceptors (Lipinski definition) is 2. The predicted molar refractivity (Wildman–Crippen MR) is 72.4 cm³/mol. The van der Waals surface area contributed by atoms with Gasteiger partial charge in [-0.3, -0.25) is 0 Å². The van der Waals surface area contributed by atoms with Crippen LogP contribution >= 0.6 is 0 Å². The Bertz CT molecular complexity index is 587. The van der Waals surface area contributed by atoms with E-state index in [1.165, 1.54) is 11.1 Å². The molecule has 0 aliphatic rings. The molecule has 4 nitrogen and oxygen atoms in total. The molecule has 19 heavy (non-hydrogen) atoms. The van der Waals surface area contributed by atoms with E-state index in [0.717, 1.165) is 0 Å². The van der Waals surface area contributed by atoms with Crippen molar-refractivity contribution in [2.75, 3.05) is 7.11 Å². The fourth-order valence-corrected chi connectivity index (χ4v) is 2.12. The predicted octanol–water partition coefficient (Wildman–Crippen LogP) is 2.69. The van der Waals surface area contributed by atoms with Crippen LogP contribution in [-0.4, -0.2) is 22.8 Å². The number of benzene rings is 1. The lowest BCUT2D eigenvalue weighted by molar-refractivity contribution is 0.0691. The Hall–Kier alpha value is -2.07. The Kier molecular flexibility index (Phi) is 4.02. The van der Waals surface area contributed by atoms with Crippen LogP contribution in [-0.2, 0) is 17.9 Å². The zero-order chi connectivity index (χ0) is 13.8. The lowest BCUT2D eigenvalue weighted by Crippen LogP contribution is -2.09. The van der Waals surface area contributed by atoms with Crippen LogP contribution < -0.4 is 0 Å². The van der Waals surface area contributed by atoms with E-state index < -0.39 is 5.97 Å². The summed E-state index contributed by atoms with van der Waals surface area (Å²) >= 11 is 0. The highest BCUT2D eigenvalue weighted by Crippen LogP contribution is 2.16. The summed E-state index contributed by atoms with van der Waals surface area (Å²) in [5.41, 5.74) is 3.36. The fraction of sp³-hybridized carbons (Fsp3) is 0.267. The zero-order valence-electron chi connectivity index (χ0n) is 11.1. The van der Waals surface area contributed by atoms with Crippen LogP contribution in [0.15, 0.2) is 36.5 Å². The van der Waals surface area contributed by atoms with Gasteiger partial charge in [0.15, 0.2) is 0 Å². The van der Waals surface area contributed by atoms with E-state index in [9.17, 15) is 4.79 Å². The highest BCUT2D eigenvalue weighted by molar-refractivity contribution is 5.89. The molecule has 0 fully saturated rings. The number of nitrogens with zero attached hydrogens (tertiary/aromatic N) is 1. The molecule has 0 spiro atoms. The van der Waals surface area contributed by atoms with E-state index in [2.05, 4.69) is 0 Å². The van der Waals surface area contributed by atoms with Crippen LogP contribution in [0.3, 0.4) is 0 Å². The fourth-order valence-electron chi connectivity index (χ4n) is 2.12. The van der Waals surface area contributed by atoms with Crippen molar-refractivity contribution in [1.29, 1.82) is 0 Å². The maximum absolute atomic E-state index is 11.2. The van der Waals surface area contributed by atoms with Crippen LogP contribution in [0.25, 0.3) is 0 Å². The monoisotopic (exact) mass is 259 g/mol. The summed E-state index contributed by atoms with van der Waals surface area (Å²) < 4.78 is 7.03. The van der Waals surface area contributed by atoms with Gasteiger partial charge in [0.05, 0.1) is 17.9 Å². The van der Waals surface area contributed by atoms with E-state index in [0.29, 0.717) is 24.4 Å². The van der Waals surface area contributed by atoms with Crippen molar-refractivity contribution in [2.45, 2.75) is 20.1 Å². The number of rotatable bonds is 5. The number of methoxy groups -OCH3 is 1. The van der Waals surface area contributed by atoms with Gasteiger partial charge in [-0.1, -0.05) is 24.3 Å². The summed E-state index contributed by atoms with van der Waals surface area (Å²) in [5, 5.41) is 9.16. The Labute approximate surface area is 112 Å². The molecule has 0 atom stereocenters. The molecule has 0 radical (unpaired) electrons. The smallest absolute Gasteiger partial charge is 0.337 e. The standard InChI is InChI=1S/C15H17NO3/c1-11-5-3-4-6-12(11)9-16-8-7-13(15(17)18)14(16)10-19-2/h3-8H,9-10H2,1-2H3,(H,17,18). The first-order valence-corrected chi connectivity index (χ1v) is 6.08. The molecular weight excluding hydrogens is 242 g/mol. The van der Waals surface area contributed by atoms with Crippen LogP contribution in [0.4, 0.5) is 0 Å². The topological polar surface area (TPSA) is 51.5 Å². The van der Waals surface area contributed by atoms with Crippen LogP contribution in [0.1, 0.15) is 27.2 Å². The number of carbonyl (C=O) groups is 1. The molecule has 1 heterocycles. The van der Waals surface area contributed by atoms with Gasteiger partial charge in [0.1, 0.15) is 0 Å². The first-order valence-electron chi connectivity index (χ1n) is 6.08. The summed E-state index contributed by atoms with van der Waals surface area (Å²) in [5.74, 6) is -0.921. The highest BCUT2D eigenvalue weighted by atomic mass is 16.5. The molecule has 1 N–H and O–H groups in total. The van der Waals surface area contributed by atoms with Crippen molar-refractivity contribution in [3.8, 4) is 0 Å². The molecule has 0 aliphatic carbocycles. The molecular formula is C15H17NO3. The van der Waals surface area contributed by atoms with Gasteiger partial charge in [-0.2, -0.15) is 0 Å². The summed E-state index contributed by atoms with van der Waals surface area (Å²) in [6.45, 7) is 2.99. The van der Waals surface area contributed by atoms with Crippen LogP contribution in [0, 0.1) is 6.92 Å². The number of carboxylic acids is 1. The molecule has 2 aromatic rings. The van der Waals surface area contributed by atoms with Gasteiger partial charge in [-0.25, -0.2) is 4.79 Å². The van der Waals surface area contributed by atoms with Gasteiger partial charge in [-0.05, 0) is 24.1 Å². The summed E-state index contributed by atoms with van der Waals surface area (Å²) in [4.78, 5) is 11.2. The third kappa shape index (κ3) is 2.85. The van der Waals surface area contributed by atoms with Gasteiger partial charge in [0, 0.05) is 19.9 Å². The highest BCUT2D eigenvalue weighted by Gasteiger charge is 2.15. The lowest BCUT2D eigenvalue weighted by atomic mass is 10.1. The molecule has 4 heteroatoms. The molecule has 0 saturated carbocycles. The normalized spacial score (nSPS) is 10.6. The van der Waals surface area contributed by atoms with Gasteiger partial charge < -0.3 is 14.4 Å². The van der Waals surface area contributed by atoms with Crippen LogP contribution in [0.2, 0.25) is 0 Å². The van der Waals surface area contributed by atoms with E-state index in [1.54, 1.807) is 19.4 Å². The van der Waals surface area contributed by atoms with Crippen molar-refractivity contribution < 1.29 is 14.6 Å². The molecule has 1 aromatic heterocycles. The number of aryl methyl sites for hydroxylation is 1. The Balaban J connectivity index is 2.35. The minimum absolute atomic E-state index is 0.292. The second-order valence-electron chi connectivity index (χ2n) is 4.47. The zero-order valence-corrected chi connectivity index (χ0v) is 11.1. The molecule has 0 saturated heterocycles. The average molecular weight is 259 g/mol. The second kappa shape index (κ2) is 5.71. The summed E-state index contributed by atoms with van der Waals surface area (Å²) in [6.07, 6.45) is 1.80. The van der Waals surface area contributed by atoms with Gasteiger partial charge >= 0.3 is 5.97 Å². The maximum atomic E-state index is 11.2. The van der Waals surface area contributed by atoms with Gasteiger partial charge in [0.25, 0.3) is 0 Å². The lowest BCUT2D eigenvalue weighted by Gasteiger charge is -2.11. The van der Waals surface area contributed by atoms with Gasteiger partial charge in [0.2, 0.25) is 0 Å². The van der Waals surface area contributed by atoms with Crippen molar-refractivity contribution >= 4 is 5.97 Å². The average Bonchev–Trinajstić information content (AvgIpc) is 2.76. The van der Waals surface area contributed by atoms with Gasteiger partial charge in [-0.15, -0.1) is 0 Å². The van der Waals surface area contributed by atoms with Crippen molar-refractivity contribution in [3.63, 3.8) is 0 Å². The molecule has 0 bridgehead atoms. The Morgan fingerprint density at radius 2 is 2.05 bits per heavy atom. The molecule has 2 rings (SSSR count). The number of aromatic carboxylic acids is 1. The number of aromatic nitrogens is 1. The molecule has 1 aromatic carbocycles. The van der Waals surface area contributed by atoms with Crippen LogP contribution in [0.5, 0.6) is 0 Å². The largest absolute Gasteiger partial charge is 0.478 e. The number of hydrogen-bond donors (Lipinski definition) is 1. The quantitative estimate of drug-likeness (QED) is 0.898. The third-order valence-corrected chi connectivity index (χ3v) is 3.19. The molecule has 0 aliphatic heterocycles. The van der Waals surface area contributed by atoms with Crippen molar-refractivity contribution in [1.82, 2.24) is 4.57 Å². The summed E-state index contributed by atoms with van der Waals surface area (Å²) in [7, 11) is 1.57. The Morgan fingerprint density at radius 1 is 1.32 bits per heavy atom. The summed E-state index contributed by atoms with van der Waals surface area (Å²) in [6, 6.07) is 9.70. The Morgan fingerprint density at radius 3 is 2.68 bits per heavy atom.